The summed E-state index contributed by atoms with van der Waals surface area (Å²) < 4.78 is 1.13. The number of nitrogens with zero attached hydrogens (tertiary/aromatic N) is 1. The normalized spacial score (nSPS) is 10.0. The zero-order valence-electron chi connectivity index (χ0n) is 3.62. The summed E-state index contributed by atoms with van der Waals surface area (Å²) >= 11 is 10.4. The maximum absolute atomic E-state index is 5.18. The first kappa shape index (κ1) is 6.54. The summed E-state index contributed by atoms with van der Waals surface area (Å²) in [6, 6.07) is 0. The fraction of sp³-hybridized carbons (Fsp3) is 1.00. The Morgan fingerprint density at radius 1 is 1.50 bits per heavy atom. The first-order valence-electron chi connectivity index (χ1n) is 1.86. The Hall–Kier alpha value is 0.540. The van der Waals surface area contributed by atoms with Gasteiger partial charge in [0.1, 0.15) is 0 Å². The van der Waals surface area contributed by atoms with Crippen LogP contribution < -0.4 is 0 Å². The van der Waals surface area contributed by atoms with Crippen molar-refractivity contribution in [1.82, 2.24) is 3.94 Å². The molecule has 0 N–H and O–H groups in total. The number of hydrogen-bond donors (Lipinski definition) is 0. The Balaban J connectivity index is 2.63. The van der Waals surface area contributed by atoms with E-state index in [1.807, 2.05) is 6.92 Å². The number of rotatable bonds is 2. The molecule has 0 atom stereocenters. The van der Waals surface area contributed by atoms with Crippen LogP contribution in [0.4, 0.5) is 0 Å². The Morgan fingerprint density at radius 3 is 2.00 bits per heavy atom. The lowest BCUT2D eigenvalue weighted by atomic mass is 10.5. The predicted molar refractivity (Wildman–Crippen MR) is 28.7 cm³/mol. The lowest BCUT2D eigenvalue weighted by Crippen LogP contribution is -1.95. The van der Waals surface area contributed by atoms with Crippen LogP contribution in [0.3, 0.4) is 0 Å². The van der Waals surface area contributed by atoms with Gasteiger partial charge in [0, 0.05) is 6.54 Å². The zero-order valence-corrected chi connectivity index (χ0v) is 5.13. The standard InChI is InChI=1S/C3H7Cl2N/c1-2-3-6(4)5/h2-3H2,1H3. The molecule has 0 rings (SSSR count). The maximum atomic E-state index is 5.18. The van der Waals surface area contributed by atoms with Crippen LogP contribution in [-0.2, 0) is 0 Å². The summed E-state index contributed by atoms with van der Waals surface area (Å²) in [5, 5.41) is 0. The van der Waals surface area contributed by atoms with Crippen molar-refractivity contribution in [2.75, 3.05) is 6.54 Å². The van der Waals surface area contributed by atoms with E-state index in [1.165, 1.54) is 0 Å². The first-order chi connectivity index (χ1) is 2.77. The molecule has 6 heavy (non-hydrogen) atoms. The van der Waals surface area contributed by atoms with Crippen LogP contribution in [-0.4, -0.2) is 10.5 Å². The highest BCUT2D eigenvalue weighted by molar-refractivity contribution is 6.33. The van der Waals surface area contributed by atoms with Gasteiger partial charge in [0.05, 0.1) is 0 Å². The molecule has 0 aromatic carbocycles. The van der Waals surface area contributed by atoms with Gasteiger partial charge in [-0.15, -0.1) is 3.94 Å². The van der Waals surface area contributed by atoms with Gasteiger partial charge in [-0.1, -0.05) is 6.92 Å². The van der Waals surface area contributed by atoms with E-state index in [2.05, 4.69) is 0 Å². The van der Waals surface area contributed by atoms with Gasteiger partial charge < -0.3 is 0 Å². The highest BCUT2D eigenvalue weighted by Gasteiger charge is 1.86. The zero-order chi connectivity index (χ0) is 4.99. The largest absolute Gasteiger partial charge is 0.132 e. The van der Waals surface area contributed by atoms with Gasteiger partial charge in [0.25, 0.3) is 0 Å². The van der Waals surface area contributed by atoms with Crippen molar-refractivity contribution in [2.45, 2.75) is 13.3 Å². The van der Waals surface area contributed by atoms with Crippen molar-refractivity contribution < 1.29 is 0 Å². The molecule has 0 saturated carbocycles. The van der Waals surface area contributed by atoms with Gasteiger partial charge >= 0.3 is 0 Å². The molecule has 0 spiro atoms. The third-order valence-corrected chi connectivity index (χ3v) is 0.731. The number of hydrogen-bond acceptors (Lipinski definition) is 1. The molecule has 0 aliphatic carbocycles. The summed E-state index contributed by atoms with van der Waals surface area (Å²) in [6.07, 6.45) is 0.993. The smallest absolute Gasteiger partial charge is 0.0301 e. The van der Waals surface area contributed by atoms with Gasteiger partial charge in [-0.05, 0) is 30.0 Å². The van der Waals surface area contributed by atoms with Gasteiger partial charge in [0.15, 0.2) is 0 Å². The molecule has 0 fully saturated rings. The highest BCUT2D eigenvalue weighted by atomic mass is 35.5. The van der Waals surface area contributed by atoms with Gasteiger partial charge in [-0.2, -0.15) is 0 Å². The van der Waals surface area contributed by atoms with E-state index in [-0.39, 0.29) is 0 Å². The van der Waals surface area contributed by atoms with Gasteiger partial charge in [-0.25, -0.2) is 0 Å². The minimum Gasteiger partial charge on any atom is -0.132 e. The third-order valence-electron chi connectivity index (χ3n) is 0.393. The molecule has 0 aromatic heterocycles. The summed E-state index contributed by atoms with van der Waals surface area (Å²) in [5.41, 5.74) is 0. The van der Waals surface area contributed by atoms with E-state index in [9.17, 15) is 0 Å². The van der Waals surface area contributed by atoms with E-state index >= 15 is 0 Å². The Bertz CT molecular complexity index is 30.0. The van der Waals surface area contributed by atoms with Gasteiger partial charge in [0.2, 0.25) is 0 Å². The van der Waals surface area contributed by atoms with E-state index < -0.39 is 0 Å². The van der Waals surface area contributed by atoms with Crippen LogP contribution in [0.1, 0.15) is 13.3 Å². The fourth-order valence-corrected chi connectivity index (χ4v) is 0.507. The van der Waals surface area contributed by atoms with Crippen molar-refractivity contribution in [3.8, 4) is 0 Å². The van der Waals surface area contributed by atoms with E-state index in [1.54, 1.807) is 0 Å². The molecule has 1 nitrogen and oxygen atoms in total. The summed E-state index contributed by atoms with van der Waals surface area (Å²) in [4.78, 5) is 0. The molecule has 0 heterocycles. The molecule has 0 unspecified atom stereocenters. The summed E-state index contributed by atoms with van der Waals surface area (Å²) in [5.74, 6) is 0. The highest BCUT2D eigenvalue weighted by Crippen LogP contribution is 1.97. The molecule has 3 heteroatoms. The SMILES string of the molecule is CCCN(Cl)Cl. The van der Waals surface area contributed by atoms with Crippen molar-refractivity contribution in [2.24, 2.45) is 0 Å². The molecule has 38 valence electrons. The van der Waals surface area contributed by atoms with Crippen LogP contribution in [0.5, 0.6) is 0 Å². The molecule has 0 radical (unpaired) electrons. The van der Waals surface area contributed by atoms with Crippen LogP contribution in [0.25, 0.3) is 0 Å². The molecule has 0 saturated heterocycles. The topological polar surface area (TPSA) is 3.24 Å². The van der Waals surface area contributed by atoms with E-state index in [0.29, 0.717) is 0 Å². The third kappa shape index (κ3) is 4.54. The van der Waals surface area contributed by atoms with Crippen molar-refractivity contribution in [3.05, 3.63) is 0 Å². The lowest BCUT2D eigenvalue weighted by Gasteiger charge is -1.95. The van der Waals surface area contributed by atoms with Crippen molar-refractivity contribution in [1.29, 1.82) is 0 Å². The number of halogens is 2. The molecular weight excluding hydrogens is 121 g/mol. The predicted octanol–water partition coefficient (Wildman–Crippen LogP) is 2.01. The van der Waals surface area contributed by atoms with Gasteiger partial charge in [-0.3, -0.25) is 0 Å². The first-order valence-corrected chi connectivity index (χ1v) is 2.54. The van der Waals surface area contributed by atoms with Crippen LogP contribution >= 0.6 is 23.6 Å². The monoisotopic (exact) mass is 127 g/mol. The molecule has 0 aliphatic rings. The molecule has 0 aliphatic heterocycles. The Labute approximate surface area is 48.1 Å². The van der Waals surface area contributed by atoms with Crippen LogP contribution in [0.15, 0.2) is 0 Å². The molecular formula is C3H7Cl2N. The summed E-state index contributed by atoms with van der Waals surface area (Å²) in [6.45, 7) is 2.75. The van der Waals surface area contributed by atoms with Crippen molar-refractivity contribution >= 4 is 23.6 Å². The lowest BCUT2D eigenvalue weighted by molar-refractivity contribution is 0.679. The molecule has 0 amide bonds. The Morgan fingerprint density at radius 2 is 2.00 bits per heavy atom. The average Bonchev–Trinajstić information content (AvgIpc) is 1.35. The van der Waals surface area contributed by atoms with Crippen molar-refractivity contribution in [3.63, 3.8) is 0 Å². The van der Waals surface area contributed by atoms with Crippen LogP contribution in [0, 0.1) is 0 Å². The minimum absolute atomic E-state index is 0.739. The van der Waals surface area contributed by atoms with E-state index in [4.69, 9.17) is 23.6 Å². The molecule has 0 aromatic rings. The maximum Gasteiger partial charge on any atom is 0.0301 e. The minimum atomic E-state index is 0.739. The van der Waals surface area contributed by atoms with E-state index in [0.717, 1.165) is 16.9 Å². The van der Waals surface area contributed by atoms with Crippen LogP contribution in [0.2, 0.25) is 0 Å². The summed E-state index contributed by atoms with van der Waals surface area (Å²) in [7, 11) is 0. The second-order valence-corrected chi connectivity index (χ2v) is 2.02. The second-order valence-electron chi connectivity index (χ2n) is 1.03. The fourth-order valence-electron chi connectivity index (χ4n) is 0.169. The second kappa shape index (κ2) is 3.72. The molecule has 0 bridgehead atoms. The Kier molecular flexibility index (Phi) is 4.06. The quantitative estimate of drug-likeness (QED) is 0.514. The average molecular weight is 128 g/mol.